The van der Waals surface area contributed by atoms with Crippen LogP contribution in [-0.2, 0) is 16.1 Å². The van der Waals surface area contributed by atoms with Crippen LogP contribution in [-0.4, -0.2) is 53.8 Å². The average molecular weight is 463 g/mol. The maximum Gasteiger partial charge on any atom is 0.322 e. The molecule has 0 saturated carbocycles. The first-order valence-electron chi connectivity index (χ1n) is 9.02. The van der Waals surface area contributed by atoms with Gasteiger partial charge < -0.3 is 20.4 Å². The Morgan fingerprint density at radius 3 is 2.48 bits per heavy atom. The highest BCUT2D eigenvalue weighted by Gasteiger charge is 2.28. The van der Waals surface area contributed by atoms with Gasteiger partial charge in [0.2, 0.25) is 11.8 Å². The van der Waals surface area contributed by atoms with E-state index in [4.69, 9.17) is 0 Å². The first-order valence-corrected chi connectivity index (χ1v) is 9.81. The number of benzene rings is 2. The molecule has 9 heteroatoms. The highest BCUT2D eigenvalue weighted by atomic mass is 79.9. The summed E-state index contributed by atoms with van der Waals surface area (Å²) >= 11 is 3.33. The van der Waals surface area contributed by atoms with E-state index in [0.29, 0.717) is 17.8 Å². The molecule has 1 heterocycles. The van der Waals surface area contributed by atoms with Gasteiger partial charge in [0.15, 0.2) is 0 Å². The van der Waals surface area contributed by atoms with E-state index in [1.165, 1.54) is 15.9 Å². The Kier molecular flexibility index (Phi) is 6.82. The van der Waals surface area contributed by atoms with Crippen LogP contribution < -0.4 is 10.6 Å². The molecule has 0 radical (unpaired) electrons. The number of nitrogens with one attached hydrogen (secondary N) is 2. The van der Waals surface area contributed by atoms with Gasteiger partial charge in [0.05, 0.1) is 6.54 Å². The predicted molar refractivity (Wildman–Crippen MR) is 110 cm³/mol. The molecule has 0 aromatic heterocycles. The zero-order chi connectivity index (χ0) is 20.8. The number of hydrogen-bond acceptors (Lipinski definition) is 3. The van der Waals surface area contributed by atoms with Gasteiger partial charge in [-0.2, -0.15) is 0 Å². The van der Waals surface area contributed by atoms with Crippen molar-refractivity contribution in [3.63, 3.8) is 0 Å². The van der Waals surface area contributed by atoms with Crippen molar-refractivity contribution >= 4 is 39.5 Å². The molecule has 0 aliphatic carbocycles. The lowest BCUT2D eigenvalue weighted by Gasteiger charge is -2.33. The number of urea groups is 1. The number of nitrogens with zero attached hydrogens (tertiary/aromatic N) is 2. The second kappa shape index (κ2) is 9.51. The molecule has 29 heavy (non-hydrogen) atoms. The van der Waals surface area contributed by atoms with Gasteiger partial charge in [-0.05, 0) is 30.3 Å². The third-order valence-corrected chi connectivity index (χ3v) is 5.00. The summed E-state index contributed by atoms with van der Waals surface area (Å²) in [5.74, 6) is -1.09. The average Bonchev–Trinajstić information content (AvgIpc) is 2.70. The maximum absolute atomic E-state index is 13.6. The fraction of sp³-hybridized carbons (Fsp3) is 0.250. The van der Waals surface area contributed by atoms with Gasteiger partial charge in [0.1, 0.15) is 12.4 Å². The third-order valence-electron chi connectivity index (χ3n) is 4.47. The Balaban J connectivity index is 1.46. The van der Waals surface area contributed by atoms with Gasteiger partial charge in [-0.3, -0.25) is 9.59 Å². The lowest BCUT2D eigenvalue weighted by molar-refractivity contribution is -0.139. The molecule has 0 atom stereocenters. The summed E-state index contributed by atoms with van der Waals surface area (Å²) in [7, 11) is 0. The zero-order valence-corrected chi connectivity index (χ0v) is 17.1. The normalized spacial score (nSPS) is 13.9. The highest BCUT2D eigenvalue weighted by Crippen LogP contribution is 2.15. The van der Waals surface area contributed by atoms with Crippen LogP contribution in [0.1, 0.15) is 5.56 Å². The minimum absolute atomic E-state index is 0.0509. The Morgan fingerprint density at radius 1 is 1.07 bits per heavy atom. The summed E-state index contributed by atoms with van der Waals surface area (Å²) in [4.78, 5) is 39.6. The number of halogens is 2. The molecule has 1 aliphatic heterocycles. The molecule has 2 aromatic rings. The van der Waals surface area contributed by atoms with Crippen LogP contribution in [0.5, 0.6) is 0 Å². The molecule has 4 amide bonds. The van der Waals surface area contributed by atoms with E-state index in [2.05, 4.69) is 26.6 Å². The minimum atomic E-state index is -0.394. The van der Waals surface area contributed by atoms with Crippen molar-refractivity contribution in [3.05, 3.63) is 64.4 Å². The standard InChI is InChI=1S/C20H20BrFN4O3/c21-15-5-7-16(8-6-15)24-20(29)26-10-9-25(19(28)13-26)12-18(27)23-11-14-3-1-2-4-17(14)22/h1-8H,9-13H2,(H,23,27)(H,24,29). The lowest BCUT2D eigenvalue weighted by atomic mass is 10.2. The first kappa shape index (κ1) is 20.8. The molecule has 2 aromatic carbocycles. The van der Waals surface area contributed by atoms with E-state index in [0.717, 1.165) is 4.47 Å². The summed E-state index contributed by atoms with van der Waals surface area (Å²) in [6.07, 6.45) is 0. The van der Waals surface area contributed by atoms with Crippen molar-refractivity contribution in [1.29, 1.82) is 0 Å². The molecular formula is C20H20BrFN4O3. The fourth-order valence-corrected chi connectivity index (χ4v) is 3.11. The smallest absolute Gasteiger partial charge is 0.322 e. The molecule has 152 valence electrons. The van der Waals surface area contributed by atoms with Crippen molar-refractivity contribution in [1.82, 2.24) is 15.1 Å². The van der Waals surface area contributed by atoms with Crippen LogP contribution in [0.15, 0.2) is 53.0 Å². The Bertz CT molecular complexity index is 907. The van der Waals surface area contributed by atoms with Gasteiger partial charge >= 0.3 is 6.03 Å². The van der Waals surface area contributed by atoms with Crippen molar-refractivity contribution < 1.29 is 18.8 Å². The second-order valence-corrected chi connectivity index (χ2v) is 7.46. The Morgan fingerprint density at radius 2 is 1.79 bits per heavy atom. The number of piperazine rings is 1. The molecule has 7 nitrogen and oxygen atoms in total. The van der Waals surface area contributed by atoms with E-state index >= 15 is 0 Å². The van der Waals surface area contributed by atoms with Gasteiger partial charge in [-0.15, -0.1) is 0 Å². The van der Waals surface area contributed by atoms with Gasteiger partial charge in [-0.1, -0.05) is 34.1 Å². The van der Waals surface area contributed by atoms with Crippen LogP contribution >= 0.6 is 15.9 Å². The number of amides is 4. The summed E-state index contributed by atoms with van der Waals surface area (Å²) in [6, 6.07) is 12.9. The number of carbonyl (C=O) groups is 3. The van der Waals surface area contributed by atoms with Gasteiger partial charge in [-0.25, -0.2) is 9.18 Å². The van der Waals surface area contributed by atoms with E-state index in [1.807, 2.05) is 0 Å². The van der Waals surface area contributed by atoms with Gasteiger partial charge in [0.25, 0.3) is 0 Å². The van der Waals surface area contributed by atoms with Crippen LogP contribution in [0.3, 0.4) is 0 Å². The fourth-order valence-electron chi connectivity index (χ4n) is 2.85. The molecular weight excluding hydrogens is 443 g/mol. The maximum atomic E-state index is 13.6. The molecule has 1 fully saturated rings. The predicted octanol–water partition coefficient (Wildman–Crippen LogP) is 2.58. The van der Waals surface area contributed by atoms with Crippen molar-refractivity contribution in [2.45, 2.75) is 6.54 Å². The monoisotopic (exact) mass is 462 g/mol. The van der Waals surface area contributed by atoms with Gasteiger partial charge in [0, 0.05) is 35.4 Å². The number of rotatable bonds is 5. The molecule has 1 aliphatic rings. The largest absolute Gasteiger partial charge is 0.350 e. The van der Waals surface area contributed by atoms with Crippen molar-refractivity contribution in [3.8, 4) is 0 Å². The first-order chi connectivity index (χ1) is 13.9. The van der Waals surface area contributed by atoms with Crippen LogP contribution in [0.2, 0.25) is 0 Å². The SMILES string of the molecule is O=C(CN1CCN(C(=O)Nc2ccc(Br)cc2)CC1=O)NCc1ccccc1F. The van der Waals surface area contributed by atoms with E-state index in [-0.39, 0.29) is 44.0 Å². The van der Waals surface area contributed by atoms with E-state index in [9.17, 15) is 18.8 Å². The summed E-state index contributed by atoms with van der Waals surface area (Å²) in [5, 5.41) is 5.35. The quantitative estimate of drug-likeness (QED) is 0.716. The van der Waals surface area contributed by atoms with Crippen LogP contribution in [0, 0.1) is 5.82 Å². The topological polar surface area (TPSA) is 81.8 Å². The van der Waals surface area contributed by atoms with Crippen molar-refractivity contribution in [2.24, 2.45) is 0 Å². The van der Waals surface area contributed by atoms with Crippen molar-refractivity contribution in [2.75, 3.05) is 31.5 Å². The van der Waals surface area contributed by atoms with E-state index < -0.39 is 5.82 Å². The summed E-state index contributed by atoms with van der Waals surface area (Å²) in [5.41, 5.74) is 1.00. The Hall–Kier alpha value is -2.94. The zero-order valence-electron chi connectivity index (χ0n) is 15.5. The van der Waals surface area contributed by atoms with E-state index in [1.54, 1.807) is 42.5 Å². The minimum Gasteiger partial charge on any atom is -0.350 e. The van der Waals surface area contributed by atoms with Crippen LogP contribution in [0.4, 0.5) is 14.9 Å². The summed E-state index contributed by atoms with van der Waals surface area (Å²) in [6.45, 7) is 0.377. The molecule has 0 bridgehead atoms. The Labute approximate surface area is 176 Å². The van der Waals surface area contributed by atoms with Crippen LogP contribution in [0.25, 0.3) is 0 Å². The lowest BCUT2D eigenvalue weighted by Crippen LogP contribution is -2.55. The molecule has 0 spiro atoms. The number of carbonyl (C=O) groups excluding carboxylic acids is 3. The molecule has 1 saturated heterocycles. The molecule has 3 rings (SSSR count). The second-order valence-electron chi connectivity index (χ2n) is 6.54. The highest BCUT2D eigenvalue weighted by molar-refractivity contribution is 9.10. The number of anilines is 1. The number of hydrogen-bond donors (Lipinski definition) is 2. The summed E-state index contributed by atoms with van der Waals surface area (Å²) < 4.78 is 14.5. The third kappa shape index (κ3) is 5.77. The molecule has 0 unspecified atom stereocenters. The molecule has 2 N–H and O–H groups in total.